The van der Waals surface area contributed by atoms with Gasteiger partial charge in [0, 0.05) is 30.0 Å². The zero-order chi connectivity index (χ0) is 21.2. The number of rotatable bonds is 3. The number of nitrogens with zero attached hydrogens (tertiary/aromatic N) is 2. The molecule has 1 fully saturated rings. The number of thiazole rings is 1. The van der Waals surface area contributed by atoms with Gasteiger partial charge in [-0.15, -0.1) is 11.3 Å². The number of hydrogen-bond acceptors (Lipinski definition) is 5. The fourth-order valence-corrected chi connectivity index (χ4v) is 4.13. The largest absolute Gasteiger partial charge is 0.444 e. The summed E-state index contributed by atoms with van der Waals surface area (Å²) in [7, 11) is 0. The third-order valence-electron chi connectivity index (χ3n) is 4.91. The van der Waals surface area contributed by atoms with Gasteiger partial charge < -0.3 is 15.0 Å². The summed E-state index contributed by atoms with van der Waals surface area (Å²) in [5, 5.41) is 5.53. The Labute approximate surface area is 176 Å². The van der Waals surface area contributed by atoms with Crippen LogP contribution in [0.3, 0.4) is 0 Å². The highest BCUT2D eigenvalue weighted by atomic mass is 32.1. The molecule has 0 aliphatic carbocycles. The van der Waals surface area contributed by atoms with Crippen molar-refractivity contribution in [2.45, 2.75) is 53.1 Å². The van der Waals surface area contributed by atoms with Crippen LogP contribution in [-0.4, -0.2) is 40.6 Å². The number of nitrogens with one attached hydrogen (secondary N) is 1. The summed E-state index contributed by atoms with van der Waals surface area (Å²) >= 11 is 1.43. The highest BCUT2D eigenvalue weighted by molar-refractivity contribution is 7.14. The summed E-state index contributed by atoms with van der Waals surface area (Å²) in [4.78, 5) is 31.1. The number of hydrogen-bond donors (Lipinski definition) is 1. The number of aromatic nitrogens is 1. The van der Waals surface area contributed by atoms with E-state index in [2.05, 4.69) is 42.3 Å². The van der Waals surface area contributed by atoms with E-state index < -0.39 is 5.60 Å². The number of aryl methyl sites for hydroxylation is 2. The summed E-state index contributed by atoms with van der Waals surface area (Å²) < 4.78 is 5.41. The molecule has 3 rings (SSSR count). The number of amides is 2. The van der Waals surface area contributed by atoms with Crippen LogP contribution in [0.4, 0.5) is 9.93 Å². The molecule has 0 spiro atoms. The Bertz CT molecular complexity index is 893. The third kappa shape index (κ3) is 5.56. The topological polar surface area (TPSA) is 71.5 Å². The molecule has 2 amide bonds. The standard InChI is InChI=1S/C22H29N3O3S/c1-14-6-7-17(15(2)12-14)18-13-29-20(23-18)24-19(26)16-8-10-25(11-9-16)21(27)28-22(3,4)5/h6-7,12-13,16H,8-11H2,1-5H3,(H,23,24,26). The van der Waals surface area contributed by atoms with Crippen molar-refractivity contribution in [1.82, 2.24) is 9.88 Å². The molecular weight excluding hydrogens is 386 g/mol. The van der Waals surface area contributed by atoms with E-state index in [9.17, 15) is 9.59 Å². The lowest BCUT2D eigenvalue weighted by molar-refractivity contribution is -0.121. The zero-order valence-corrected chi connectivity index (χ0v) is 18.6. The van der Waals surface area contributed by atoms with Gasteiger partial charge in [0.25, 0.3) is 0 Å². The Morgan fingerprint density at radius 3 is 2.52 bits per heavy atom. The first-order valence-electron chi connectivity index (χ1n) is 9.94. The van der Waals surface area contributed by atoms with Crippen LogP contribution in [0.25, 0.3) is 11.3 Å². The van der Waals surface area contributed by atoms with Gasteiger partial charge in [-0.3, -0.25) is 4.79 Å². The maximum atomic E-state index is 12.7. The van der Waals surface area contributed by atoms with Gasteiger partial charge in [0.05, 0.1) is 5.69 Å². The molecule has 1 aliphatic rings. The molecular formula is C22H29N3O3S. The van der Waals surface area contributed by atoms with Crippen molar-refractivity contribution in [1.29, 1.82) is 0 Å². The number of likely N-dealkylation sites (tertiary alicyclic amines) is 1. The first-order valence-corrected chi connectivity index (χ1v) is 10.8. The second-order valence-electron chi connectivity index (χ2n) is 8.59. The number of carbonyl (C=O) groups excluding carboxylic acids is 2. The van der Waals surface area contributed by atoms with Crippen LogP contribution in [0.15, 0.2) is 23.6 Å². The summed E-state index contributed by atoms with van der Waals surface area (Å²) in [6.07, 6.45) is 0.940. The number of carbonyl (C=O) groups is 2. The van der Waals surface area contributed by atoms with Crippen LogP contribution >= 0.6 is 11.3 Å². The van der Waals surface area contributed by atoms with Gasteiger partial charge in [-0.05, 0) is 53.0 Å². The molecule has 7 heteroatoms. The van der Waals surface area contributed by atoms with Gasteiger partial charge in [-0.25, -0.2) is 9.78 Å². The quantitative estimate of drug-likeness (QED) is 0.765. The van der Waals surface area contributed by atoms with Crippen molar-refractivity contribution in [3.8, 4) is 11.3 Å². The lowest BCUT2D eigenvalue weighted by atomic mass is 9.96. The molecule has 2 heterocycles. The molecule has 0 radical (unpaired) electrons. The Morgan fingerprint density at radius 2 is 1.90 bits per heavy atom. The first kappa shape index (κ1) is 21.3. The van der Waals surface area contributed by atoms with E-state index in [1.54, 1.807) is 4.90 Å². The van der Waals surface area contributed by atoms with Crippen LogP contribution in [0, 0.1) is 19.8 Å². The van der Waals surface area contributed by atoms with Crippen molar-refractivity contribution < 1.29 is 14.3 Å². The van der Waals surface area contributed by atoms with Crippen LogP contribution in [0.5, 0.6) is 0 Å². The SMILES string of the molecule is Cc1ccc(-c2csc(NC(=O)C3CCN(C(=O)OC(C)(C)C)CC3)n2)c(C)c1. The molecule has 0 saturated carbocycles. The Hall–Kier alpha value is -2.41. The number of anilines is 1. The fourth-order valence-electron chi connectivity index (χ4n) is 3.41. The lowest BCUT2D eigenvalue weighted by Crippen LogP contribution is -2.43. The van der Waals surface area contributed by atoms with E-state index in [4.69, 9.17) is 4.74 Å². The van der Waals surface area contributed by atoms with Crippen LogP contribution in [0.2, 0.25) is 0 Å². The minimum Gasteiger partial charge on any atom is -0.444 e. The molecule has 2 aromatic rings. The van der Waals surface area contributed by atoms with Gasteiger partial charge in [0.1, 0.15) is 5.60 Å². The van der Waals surface area contributed by atoms with Gasteiger partial charge in [-0.2, -0.15) is 0 Å². The number of benzene rings is 1. The number of piperidine rings is 1. The Kier molecular flexibility index (Phi) is 6.27. The molecule has 156 valence electrons. The van der Waals surface area contributed by atoms with Crippen molar-refractivity contribution in [2.75, 3.05) is 18.4 Å². The van der Waals surface area contributed by atoms with E-state index in [1.165, 1.54) is 22.5 Å². The van der Waals surface area contributed by atoms with Gasteiger partial charge in [0.2, 0.25) is 5.91 Å². The molecule has 1 N–H and O–H groups in total. The molecule has 0 atom stereocenters. The molecule has 1 aromatic heterocycles. The van der Waals surface area contributed by atoms with E-state index in [-0.39, 0.29) is 17.9 Å². The Balaban J connectivity index is 1.55. The van der Waals surface area contributed by atoms with Crippen LogP contribution in [0.1, 0.15) is 44.7 Å². The van der Waals surface area contributed by atoms with Crippen molar-refractivity contribution in [3.05, 3.63) is 34.7 Å². The average molecular weight is 416 g/mol. The molecule has 0 bridgehead atoms. The predicted octanol–water partition coefficient (Wildman–Crippen LogP) is 5.01. The van der Waals surface area contributed by atoms with Crippen molar-refractivity contribution in [2.24, 2.45) is 5.92 Å². The highest BCUT2D eigenvalue weighted by Crippen LogP contribution is 2.29. The first-order chi connectivity index (χ1) is 13.6. The predicted molar refractivity (Wildman–Crippen MR) is 116 cm³/mol. The normalized spacial score (nSPS) is 15.3. The maximum Gasteiger partial charge on any atom is 0.410 e. The van der Waals surface area contributed by atoms with Crippen LogP contribution in [-0.2, 0) is 9.53 Å². The summed E-state index contributed by atoms with van der Waals surface area (Å²) in [5.41, 5.74) is 3.83. The summed E-state index contributed by atoms with van der Waals surface area (Å²) in [6, 6.07) is 6.27. The van der Waals surface area contributed by atoms with Gasteiger partial charge in [0.15, 0.2) is 5.13 Å². The van der Waals surface area contributed by atoms with Gasteiger partial charge >= 0.3 is 6.09 Å². The molecule has 0 unspecified atom stereocenters. The third-order valence-corrected chi connectivity index (χ3v) is 5.67. The summed E-state index contributed by atoms with van der Waals surface area (Å²) in [6.45, 7) is 10.7. The number of ether oxygens (including phenoxy) is 1. The minimum atomic E-state index is -0.510. The van der Waals surface area contributed by atoms with E-state index in [0.717, 1.165) is 11.3 Å². The molecule has 1 saturated heterocycles. The van der Waals surface area contributed by atoms with Crippen LogP contribution < -0.4 is 5.32 Å². The average Bonchev–Trinajstić information content (AvgIpc) is 3.08. The molecule has 1 aliphatic heterocycles. The maximum absolute atomic E-state index is 12.7. The second kappa shape index (κ2) is 8.53. The fraction of sp³-hybridized carbons (Fsp3) is 0.500. The van der Waals surface area contributed by atoms with E-state index >= 15 is 0 Å². The van der Waals surface area contributed by atoms with E-state index in [0.29, 0.717) is 31.1 Å². The highest BCUT2D eigenvalue weighted by Gasteiger charge is 2.30. The van der Waals surface area contributed by atoms with Crippen molar-refractivity contribution >= 4 is 28.5 Å². The molecule has 29 heavy (non-hydrogen) atoms. The second-order valence-corrected chi connectivity index (χ2v) is 9.45. The summed E-state index contributed by atoms with van der Waals surface area (Å²) in [5.74, 6) is -0.155. The van der Waals surface area contributed by atoms with Gasteiger partial charge in [-0.1, -0.05) is 23.8 Å². The monoisotopic (exact) mass is 415 g/mol. The molecule has 6 nitrogen and oxygen atoms in total. The lowest BCUT2D eigenvalue weighted by Gasteiger charge is -2.32. The van der Waals surface area contributed by atoms with E-state index in [1.807, 2.05) is 26.2 Å². The minimum absolute atomic E-state index is 0.0321. The zero-order valence-electron chi connectivity index (χ0n) is 17.7. The van der Waals surface area contributed by atoms with Crippen molar-refractivity contribution in [3.63, 3.8) is 0 Å². The Morgan fingerprint density at radius 1 is 1.21 bits per heavy atom. The molecule has 1 aromatic carbocycles. The smallest absolute Gasteiger partial charge is 0.410 e.